The number of sulfone groups is 1. The van der Waals surface area contributed by atoms with Crippen LogP contribution in [0.5, 0.6) is 0 Å². The topological polar surface area (TPSA) is 72.3 Å². The van der Waals surface area contributed by atoms with Crippen LogP contribution in [0, 0.1) is 0 Å². The van der Waals surface area contributed by atoms with Crippen LogP contribution < -0.4 is 0 Å². The van der Waals surface area contributed by atoms with Gasteiger partial charge >= 0.3 is 0 Å². The van der Waals surface area contributed by atoms with Crippen LogP contribution in [0.2, 0.25) is 0 Å². The van der Waals surface area contributed by atoms with Crippen molar-refractivity contribution in [1.29, 1.82) is 0 Å². The summed E-state index contributed by atoms with van der Waals surface area (Å²) in [6.07, 6.45) is 3.43. The van der Waals surface area contributed by atoms with E-state index in [1.807, 2.05) is 17.5 Å². The highest BCUT2D eigenvalue weighted by Gasteiger charge is 2.34. The lowest BCUT2D eigenvalue weighted by atomic mass is 10.2. The molecule has 0 saturated carbocycles. The Morgan fingerprint density at radius 3 is 2.82 bits per heavy atom. The second-order valence-electron chi connectivity index (χ2n) is 5.53. The molecule has 1 saturated heterocycles. The van der Waals surface area contributed by atoms with Crippen LogP contribution in [0.1, 0.15) is 16.8 Å². The number of thiophene rings is 1. The zero-order valence-electron chi connectivity index (χ0n) is 12.4. The molecule has 0 N–H and O–H groups in total. The molecule has 1 aliphatic rings. The van der Waals surface area contributed by atoms with E-state index in [-0.39, 0.29) is 12.5 Å². The van der Waals surface area contributed by atoms with Crippen molar-refractivity contribution < 1.29 is 13.2 Å². The van der Waals surface area contributed by atoms with Gasteiger partial charge in [-0.15, -0.1) is 11.3 Å². The summed E-state index contributed by atoms with van der Waals surface area (Å²) in [4.78, 5) is 15.3. The number of rotatable bonds is 3. The van der Waals surface area contributed by atoms with Crippen LogP contribution in [-0.2, 0) is 16.9 Å². The lowest BCUT2D eigenvalue weighted by molar-refractivity contribution is 0.0794. The van der Waals surface area contributed by atoms with Crippen molar-refractivity contribution in [1.82, 2.24) is 14.7 Å². The van der Waals surface area contributed by atoms with Crippen LogP contribution in [0.25, 0.3) is 10.6 Å². The minimum absolute atomic E-state index is 0.150. The number of aromatic nitrogens is 2. The second kappa shape index (κ2) is 5.51. The van der Waals surface area contributed by atoms with E-state index in [0.29, 0.717) is 24.2 Å². The molecule has 1 fully saturated rings. The van der Waals surface area contributed by atoms with Crippen molar-refractivity contribution in [2.75, 3.05) is 19.3 Å². The Hall–Kier alpha value is -1.67. The highest BCUT2D eigenvalue weighted by molar-refractivity contribution is 7.91. The van der Waals surface area contributed by atoms with E-state index in [1.54, 1.807) is 22.8 Å². The van der Waals surface area contributed by atoms with Gasteiger partial charge in [-0.1, -0.05) is 6.07 Å². The standard InChI is InChI=1S/C14H17N3O3S2/c1-16-9-11(13(15-16)12-4-3-7-21-12)14(18)17-6-5-10(8-17)22(2,19)20/h3-4,7,9-10H,5-6,8H2,1-2H3. The van der Waals surface area contributed by atoms with E-state index in [4.69, 9.17) is 0 Å². The fraction of sp³-hybridized carbons (Fsp3) is 0.429. The van der Waals surface area contributed by atoms with Crippen molar-refractivity contribution in [3.05, 3.63) is 29.3 Å². The Morgan fingerprint density at radius 2 is 2.23 bits per heavy atom. The average molecular weight is 339 g/mol. The molecular formula is C14H17N3O3S2. The summed E-state index contributed by atoms with van der Waals surface area (Å²) < 4.78 is 24.9. The third-order valence-electron chi connectivity index (χ3n) is 3.85. The lowest BCUT2D eigenvalue weighted by Crippen LogP contribution is -2.31. The largest absolute Gasteiger partial charge is 0.337 e. The minimum Gasteiger partial charge on any atom is -0.337 e. The van der Waals surface area contributed by atoms with Gasteiger partial charge in [0.15, 0.2) is 9.84 Å². The van der Waals surface area contributed by atoms with E-state index in [2.05, 4.69) is 5.10 Å². The average Bonchev–Trinajstić information content (AvgIpc) is 3.17. The maximum atomic E-state index is 12.7. The van der Waals surface area contributed by atoms with E-state index in [1.165, 1.54) is 17.6 Å². The van der Waals surface area contributed by atoms with Crippen LogP contribution in [-0.4, -0.2) is 53.6 Å². The first kappa shape index (κ1) is 15.2. The number of hydrogen-bond donors (Lipinski definition) is 0. The SMILES string of the molecule is Cn1cc(C(=O)N2CCC(S(C)(=O)=O)C2)c(-c2cccs2)n1. The van der Waals surface area contributed by atoms with Gasteiger partial charge in [0.05, 0.1) is 15.7 Å². The molecule has 1 aliphatic heterocycles. The summed E-state index contributed by atoms with van der Waals surface area (Å²) in [5.41, 5.74) is 1.18. The first-order valence-electron chi connectivity index (χ1n) is 6.92. The van der Waals surface area contributed by atoms with Gasteiger partial charge in [0.2, 0.25) is 0 Å². The molecule has 1 amide bonds. The number of amides is 1. The molecule has 0 aromatic carbocycles. The lowest BCUT2D eigenvalue weighted by Gasteiger charge is -2.15. The molecule has 3 rings (SSSR count). The molecule has 0 aliphatic carbocycles. The quantitative estimate of drug-likeness (QED) is 0.847. The van der Waals surface area contributed by atoms with Crippen LogP contribution in [0.15, 0.2) is 23.7 Å². The van der Waals surface area contributed by atoms with E-state index in [9.17, 15) is 13.2 Å². The summed E-state index contributed by atoms with van der Waals surface area (Å²) in [5.74, 6) is -0.150. The molecule has 0 bridgehead atoms. The number of nitrogens with zero attached hydrogens (tertiary/aromatic N) is 3. The Kier molecular flexibility index (Phi) is 3.82. The molecular weight excluding hydrogens is 322 g/mol. The number of likely N-dealkylation sites (tertiary alicyclic amines) is 1. The van der Waals surface area contributed by atoms with Gasteiger partial charge in [-0.05, 0) is 17.9 Å². The van der Waals surface area contributed by atoms with Crippen molar-refractivity contribution in [2.24, 2.45) is 7.05 Å². The van der Waals surface area contributed by atoms with Gasteiger partial charge in [-0.2, -0.15) is 5.10 Å². The van der Waals surface area contributed by atoms with Crippen molar-refractivity contribution in [3.63, 3.8) is 0 Å². The van der Waals surface area contributed by atoms with Crippen molar-refractivity contribution >= 4 is 27.1 Å². The Bertz CT molecular complexity index is 793. The monoisotopic (exact) mass is 339 g/mol. The normalized spacial score (nSPS) is 18.8. The summed E-state index contributed by atoms with van der Waals surface area (Å²) in [7, 11) is -1.34. The van der Waals surface area contributed by atoms with Crippen LogP contribution in [0.4, 0.5) is 0 Å². The van der Waals surface area contributed by atoms with E-state index >= 15 is 0 Å². The third-order valence-corrected chi connectivity index (χ3v) is 6.32. The first-order valence-corrected chi connectivity index (χ1v) is 9.75. The highest BCUT2D eigenvalue weighted by Crippen LogP contribution is 2.28. The Labute approximate surface area is 133 Å². The number of carbonyl (C=O) groups excluding carboxylic acids is 1. The molecule has 2 aromatic rings. The van der Waals surface area contributed by atoms with Gasteiger partial charge in [0, 0.05) is 32.6 Å². The molecule has 2 aromatic heterocycles. The summed E-state index contributed by atoms with van der Waals surface area (Å²) >= 11 is 1.53. The molecule has 3 heterocycles. The highest BCUT2D eigenvalue weighted by atomic mass is 32.2. The van der Waals surface area contributed by atoms with Crippen molar-refractivity contribution in [3.8, 4) is 10.6 Å². The van der Waals surface area contributed by atoms with Gasteiger partial charge < -0.3 is 4.90 Å². The summed E-state index contributed by atoms with van der Waals surface area (Å²) in [5, 5.41) is 5.85. The van der Waals surface area contributed by atoms with Crippen LogP contribution >= 0.6 is 11.3 Å². The molecule has 6 nitrogen and oxygen atoms in total. The zero-order chi connectivity index (χ0) is 15.9. The number of aryl methyl sites for hydroxylation is 1. The minimum atomic E-state index is -3.11. The van der Waals surface area contributed by atoms with Gasteiger partial charge in [0.1, 0.15) is 5.69 Å². The molecule has 0 radical (unpaired) electrons. The van der Waals surface area contributed by atoms with Gasteiger partial charge in [-0.25, -0.2) is 8.42 Å². The summed E-state index contributed by atoms with van der Waals surface area (Å²) in [6, 6.07) is 3.84. The zero-order valence-corrected chi connectivity index (χ0v) is 14.0. The summed E-state index contributed by atoms with van der Waals surface area (Å²) in [6.45, 7) is 0.728. The number of carbonyl (C=O) groups is 1. The predicted molar refractivity (Wildman–Crippen MR) is 85.7 cm³/mol. The van der Waals surface area contributed by atoms with Crippen molar-refractivity contribution in [2.45, 2.75) is 11.7 Å². The maximum Gasteiger partial charge on any atom is 0.257 e. The first-order chi connectivity index (χ1) is 10.4. The number of hydrogen-bond acceptors (Lipinski definition) is 5. The fourth-order valence-electron chi connectivity index (χ4n) is 2.67. The van der Waals surface area contributed by atoms with Crippen LogP contribution in [0.3, 0.4) is 0 Å². The van der Waals surface area contributed by atoms with Gasteiger partial charge in [-0.3, -0.25) is 9.48 Å². The Balaban J connectivity index is 1.88. The molecule has 0 spiro atoms. The third kappa shape index (κ3) is 2.80. The predicted octanol–water partition coefficient (Wildman–Crippen LogP) is 1.41. The molecule has 1 unspecified atom stereocenters. The van der Waals surface area contributed by atoms with E-state index < -0.39 is 15.1 Å². The Morgan fingerprint density at radius 1 is 1.45 bits per heavy atom. The smallest absolute Gasteiger partial charge is 0.257 e. The van der Waals surface area contributed by atoms with E-state index in [0.717, 1.165) is 4.88 Å². The van der Waals surface area contributed by atoms with Gasteiger partial charge in [0.25, 0.3) is 5.91 Å². The molecule has 1 atom stereocenters. The molecule has 22 heavy (non-hydrogen) atoms. The molecule has 8 heteroatoms. The maximum absolute atomic E-state index is 12.7. The molecule has 118 valence electrons. The second-order valence-corrected chi connectivity index (χ2v) is 8.81. The fourth-order valence-corrected chi connectivity index (χ4v) is 4.38.